The number of benzene rings is 1. The highest BCUT2D eigenvalue weighted by Crippen LogP contribution is 2.49. The van der Waals surface area contributed by atoms with Crippen LogP contribution in [0.3, 0.4) is 0 Å². The number of aryl methyl sites for hydroxylation is 1. The quantitative estimate of drug-likeness (QED) is 0.162. The van der Waals surface area contributed by atoms with Gasteiger partial charge in [-0.25, -0.2) is 0 Å². The molecule has 0 aromatic heterocycles. The van der Waals surface area contributed by atoms with E-state index < -0.39 is 13.4 Å². The number of unbranched alkanes of at least 4 members (excludes halogenated alkanes) is 4. The molecule has 0 bridgehead atoms. The fourth-order valence-corrected chi connectivity index (χ4v) is 21.8. The van der Waals surface area contributed by atoms with Crippen molar-refractivity contribution >= 4 is 57.7 Å². The van der Waals surface area contributed by atoms with Gasteiger partial charge in [0.1, 0.15) is 0 Å². The molecule has 0 N–H and O–H groups in total. The fraction of sp³-hybridized carbons (Fsp3) is 0.700. The molecule has 0 heterocycles. The highest BCUT2D eigenvalue weighted by molar-refractivity contribution is 7.57. The van der Waals surface area contributed by atoms with E-state index in [0.29, 0.717) is 5.92 Å². The van der Waals surface area contributed by atoms with Crippen molar-refractivity contribution in [3.05, 3.63) is 35.4 Å². The zero-order valence-corrected chi connectivity index (χ0v) is 21.7. The van der Waals surface area contributed by atoms with Gasteiger partial charge in [-0.05, 0) is 36.1 Å². The monoisotopic (exact) mass is 470 g/mol. The molecule has 0 aliphatic rings. The predicted molar refractivity (Wildman–Crippen MR) is 127 cm³/mol. The van der Waals surface area contributed by atoms with Crippen LogP contribution in [0.5, 0.6) is 0 Å². The summed E-state index contributed by atoms with van der Waals surface area (Å²) in [5.74, 6) is 0.333. The second-order valence-corrected chi connectivity index (χ2v) is 23.4. The molecule has 0 nitrogen and oxygen atoms in total. The highest BCUT2D eigenvalue weighted by Gasteiger charge is 2.49. The Balaban J connectivity index is 2.84. The summed E-state index contributed by atoms with van der Waals surface area (Å²) in [6, 6.07) is 9.42. The van der Waals surface area contributed by atoms with Gasteiger partial charge in [0.25, 0.3) is 13.4 Å². The summed E-state index contributed by atoms with van der Waals surface area (Å²) in [6.07, 6.45) is 8.15. The zero-order chi connectivity index (χ0) is 19.8. The number of halogens is 4. The molecule has 0 aliphatic carbocycles. The zero-order valence-electron chi connectivity index (χ0n) is 16.6. The lowest BCUT2D eigenvalue weighted by atomic mass is 9.96. The molecule has 0 amide bonds. The minimum Gasteiger partial charge on any atom is -0.146 e. The first kappa shape index (κ1) is 24.9. The van der Waals surface area contributed by atoms with E-state index in [1.807, 2.05) is 6.55 Å². The summed E-state index contributed by atoms with van der Waals surface area (Å²) in [7, 11) is 0. The van der Waals surface area contributed by atoms with Crippen molar-refractivity contribution in [3.8, 4) is 0 Å². The largest absolute Gasteiger partial charge is 0.254 e. The van der Waals surface area contributed by atoms with Gasteiger partial charge in [-0.3, -0.25) is 0 Å². The first-order valence-corrected chi connectivity index (χ1v) is 18.9. The maximum Gasteiger partial charge on any atom is 0.254 e. The highest BCUT2D eigenvalue weighted by atomic mass is 35.7. The van der Waals surface area contributed by atoms with Gasteiger partial charge in [-0.1, -0.05) is 83.6 Å². The number of hydrogen-bond donors (Lipinski definition) is 0. The van der Waals surface area contributed by atoms with Crippen molar-refractivity contribution in [1.82, 2.24) is 0 Å². The summed E-state index contributed by atoms with van der Waals surface area (Å²) < 4.78 is 0. The summed E-state index contributed by atoms with van der Waals surface area (Å²) >= 11 is 27.4. The smallest absolute Gasteiger partial charge is 0.146 e. The minimum atomic E-state index is -2.58. The van der Waals surface area contributed by atoms with E-state index in [1.54, 1.807) is 0 Å². The Morgan fingerprint density at radius 3 is 2.12 bits per heavy atom. The summed E-state index contributed by atoms with van der Waals surface area (Å²) in [4.78, 5) is 0. The third-order valence-corrected chi connectivity index (χ3v) is 18.7. The van der Waals surface area contributed by atoms with Crippen LogP contribution in [0.4, 0.5) is 0 Å². The first-order chi connectivity index (χ1) is 12.1. The van der Waals surface area contributed by atoms with Crippen molar-refractivity contribution < 1.29 is 0 Å². The van der Waals surface area contributed by atoms with E-state index in [4.69, 9.17) is 44.3 Å². The topological polar surface area (TPSA) is 0 Å². The van der Waals surface area contributed by atoms with Crippen LogP contribution in [0.15, 0.2) is 24.3 Å². The normalized spacial score (nSPS) is 15.1. The van der Waals surface area contributed by atoms with Gasteiger partial charge in [0.15, 0.2) is 0 Å². The van der Waals surface area contributed by atoms with Gasteiger partial charge in [-0.15, -0.1) is 44.3 Å². The molecule has 0 spiro atoms. The molecule has 6 heteroatoms. The van der Waals surface area contributed by atoms with Gasteiger partial charge < -0.3 is 0 Å². The Kier molecular flexibility index (Phi) is 11.2. The molecule has 0 saturated carbocycles. The Bertz CT molecular complexity index is 529. The van der Waals surface area contributed by atoms with Crippen LogP contribution in [0, 0.1) is 0 Å². The summed E-state index contributed by atoms with van der Waals surface area (Å²) in [5.41, 5.74) is 2.74. The second-order valence-electron chi connectivity index (χ2n) is 7.63. The molecular weight excluding hydrogens is 438 g/mol. The molecule has 0 radical (unpaired) electrons. The Hall–Kier alpha value is 0.814. The molecule has 1 aromatic rings. The lowest BCUT2D eigenvalue weighted by molar-refractivity contribution is 0.614. The van der Waals surface area contributed by atoms with Crippen LogP contribution >= 0.6 is 44.3 Å². The van der Waals surface area contributed by atoms with Crippen molar-refractivity contribution in [2.75, 3.05) is 0 Å². The van der Waals surface area contributed by atoms with Crippen LogP contribution in [0.2, 0.25) is 17.8 Å². The van der Waals surface area contributed by atoms with E-state index in [2.05, 4.69) is 45.0 Å². The minimum absolute atomic E-state index is 0.111. The van der Waals surface area contributed by atoms with Crippen molar-refractivity contribution in [2.24, 2.45) is 0 Å². The first-order valence-electron chi connectivity index (χ1n) is 9.96. The molecule has 26 heavy (non-hydrogen) atoms. The third-order valence-electron chi connectivity index (χ3n) is 5.26. The third kappa shape index (κ3) is 8.05. The molecule has 2 unspecified atom stereocenters. The van der Waals surface area contributed by atoms with E-state index in [9.17, 15) is 0 Å². The molecule has 0 fully saturated rings. The van der Waals surface area contributed by atoms with E-state index >= 15 is 0 Å². The fourth-order valence-electron chi connectivity index (χ4n) is 3.78. The van der Waals surface area contributed by atoms with Gasteiger partial charge in [0.2, 0.25) is 0 Å². The lowest BCUT2D eigenvalue weighted by Gasteiger charge is -2.35. The van der Waals surface area contributed by atoms with Crippen molar-refractivity contribution in [2.45, 2.75) is 89.4 Å². The molecular formula is C20H34Cl4Si2. The van der Waals surface area contributed by atoms with Crippen LogP contribution in [-0.2, 0) is 6.42 Å². The maximum absolute atomic E-state index is 7.04. The van der Waals surface area contributed by atoms with E-state index in [0.717, 1.165) is 25.3 Å². The standard InChI is InChI=1S/C20H34Cl4Si2/c1-5-7-8-9-10-15-20(25(4,21)22)26(23,24)16-17(3)19-14-12-11-13-18(19)6-2/h11-14,17,20H,5-10,15-16H2,1-4H3. The Morgan fingerprint density at radius 1 is 0.923 bits per heavy atom. The van der Waals surface area contributed by atoms with Crippen molar-refractivity contribution in [1.29, 1.82) is 0 Å². The van der Waals surface area contributed by atoms with E-state index in [-0.39, 0.29) is 5.16 Å². The number of hydrogen-bond acceptors (Lipinski definition) is 0. The SMILES string of the molecule is CCCCCCCC([Si](C)(Cl)Cl)[Si](Cl)(Cl)CC(C)c1ccccc1CC. The van der Waals surface area contributed by atoms with Crippen molar-refractivity contribution in [3.63, 3.8) is 0 Å². The van der Waals surface area contributed by atoms with E-state index in [1.165, 1.54) is 36.8 Å². The predicted octanol–water partition coefficient (Wildman–Crippen LogP) is 9.09. The summed E-state index contributed by atoms with van der Waals surface area (Å²) in [5, 5.41) is 0.111. The van der Waals surface area contributed by atoms with Crippen LogP contribution in [0.25, 0.3) is 0 Å². The molecule has 0 aliphatic heterocycles. The average Bonchev–Trinajstić information content (AvgIpc) is 2.56. The van der Waals surface area contributed by atoms with Crippen LogP contribution in [0.1, 0.15) is 76.3 Å². The molecule has 0 saturated heterocycles. The Morgan fingerprint density at radius 2 is 1.54 bits per heavy atom. The van der Waals surface area contributed by atoms with Gasteiger partial charge in [0, 0.05) is 5.16 Å². The summed E-state index contributed by atoms with van der Waals surface area (Å²) in [6.45, 7) is 3.64. The van der Waals surface area contributed by atoms with Gasteiger partial charge in [0.05, 0.1) is 0 Å². The number of rotatable bonds is 12. The molecule has 150 valence electrons. The van der Waals surface area contributed by atoms with Crippen LogP contribution < -0.4 is 0 Å². The second kappa shape index (κ2) is 11.7. The van der Waals surface area contributed by atoms with Gasteiger partial charge in [-0.2, -0.15) is 0 Å². The average molecular weight is 472 g/mol. The Labute approximate surface area is 181 Å². The molecule has 1 aromatic carbocycles. The molecule has 1 rings (SSSR count). The van der Waals surface area contributed by atoms with Gasteiger partial charge >= 0.3 is 0 Å². The lowest BCUT2D eigenvalue weighted by Crippen LogP contribution is -2.41. The maximum atomic E-state index is 7.04. The molecule has 2 atom stereocenters. The van der Waals surface area contributed by atoms with Crippen LogP contribution in [-0.4, -0.2) is 13.4 Å².